The van der Waals surface area contributed by atoms with E-state index in [-0.39, 0.29) is 17.7 Å². The summed E-state index contributed by atoms with van der Waals surface area (Å²) < 4.78 is 26.5. The lowest BCUT2D eigenvalue weighted by Crippen LogP contribution is -2.19. The Morgan fingerprint density at radius 2 is 1.75 bits per heavy atom. The van der Waals surface area contributed by atoms with Gasteiger partial charge >= 0.3 is 0 Å². The van der Waals surface area contributed by atoms with Crippen molar-refractivity contribution in [1.29, 1.82) is 0 Å². The fraction of sp³-hybridized carbons (Fsp3) is 0.545. The van der Waals surface area contributed by atoms with E-state index < -0.39 is 11.6 Å². The third kappa shape index (κ3) is 2.81. The molecule has 0 unspecified atom stereocenters. The normalized spacial score (nSPS) is 10.6. The number of nitrogens with zero attached hydrogens (tertiary/aromatic N) is 1. The fourth-order valence-corrected chi connectivity index (χ4v) is 1.43. The Kier molecular flexibility index (Phi) is 4.46. The van der Waals surface area contributed by atoms with Crippen LogP contribution in [-0.2, 0) is 0 Å². The molecular formula is C11H17F2N3. The summed E-state index contributed by atoms with van der Waals surface area (Å²) in [4.78, 5) is 3.85. The van der Waals surface area contributed by atoms with Crippen molar-refractivity contribution in [2.24, 2.45) is 0 Å². The van der Waals surface area contributed by atoms with E-state index in [4.69, 9.17) is 0 Å². The summed E-state index contributed by atoms with van der Waals surface area (Å²) in [7, 11) is 1.55. The van der Waals surface area contributed by atoms with Gasteiger partial charge in [0.05, 0.1) is 0 Å². The topological polar surface area (TPSA) is 37.0 Å². The lowest BCUT2D eigenvalue weighted by atomic mass is 10.2. The van der Waals surface area contributed by atoms with Crippen molar-refractivity contribution < 1.29 is 8.78 Å². The van der Waals surface area contributed by atoms with E-state index in [9.17, 15) is 8.78 Å². The summed E-state index contributed by atoms with van der Waals surface area (Å²) in [6.45, 7) is 4.00. The van der Waals surface area contributed by atoms with E-state index in [0.717, 1.165) is 18.9 Å². The van der Waals surface area contributed by atoms with Crippen LogP contribution in [0.15, 0.2) is 6.07 Å². The molecule has 0 aromatic carbocycles. The molecule has 0 amide bonds. The largest absolute Gasteiger partial charge is 0.371 e. The molecule has 1 aromatic rings. The summed E-state index contributed by atoms with van der Waals surface area (Å²) in [6, 6.07) is 0.987. The van der Waals surface area contributed by atoms with Crippen molar-refractivity contribution in [3.8, 4) is 0 Å². The first kappa shape index (κ1) is 12.7. The zero-order valence-electron chi connectivity index (χ0n) is 9.77. The number of hydrogen-bond donors (Lipinski definition) is 2. The Bertz CT molecular complexity index is 351. The second-order valence-corrected chi connectivity index (χ2v) is 3.56. The summed E-state index contributed by atoms with van der Waals surface area (Å²) in [6.07, 6.45) is 1.73. The molecule has 5 heteroatoms. The van der Waals surface area contributed by atoms with Crippen LogP contribution in [0.4, 0.5) is 20.4 Å². The number of anilines is 2. The molecule has 3 nitrogen and oxygen atoms in total. The molecule has 0 bridgehead atoms. The van der Waals surface area contributed by atoms with Gasteiger partial charge in [0.1, 0.15) is 0 Å². The number of halogens is 2. The zero-order chi connectivity index (χ0) is 12.1. The molecule has 1 heterocycles. The SMILES string of the molecule is CCC(CC)Nc1nc(NC)c(F)cc1F. The molecule has 0 atom stereocenters. The number of pyridine rings is 1. The minimum atomic E-state index is -0.685. The number of rotatable bonds is 5. The van der Waals surface area contributed by atoms with Gasteiger partial charge in [-0.25, -0.2) is 13.8 Å². The highest BCUT2D eigenvalue weighted by molar-refractivity contribution is 5.47. The van der Waals surface area contributed by atoms with E-state index in [1.54, 1.807) is 7.05 Å². The average molecular weight is 229 g/mol. The Hall–Kier alpha value is -1.39. The van der Waals surface area contributed by atoms with Crippen LogP contribution in [0, 0.1) is 11.6 Å². The van der Waals surface area contributed by atoms with Gasteiger partial charge in [0, 0.05) is 19.2 Å². The summed E-state index contributed by atoms with van der Waals surface area (Å²) in [5.41, 5.74) is 0. The van der Waals surface area contributed by atoms with Crippen LogP contribution in [0.2, 0.25) is 0 Å². The van der Waals surface area contributed by atoms with Gasteiger partial charge in [0.15, 0.2) is 23.3 Å². The lowest BCUT2D eigenvalue weighted by molar-refractivity contribution is 0.572. The first-order valence-electron chi connectivity index (χ1n) is 5.42. The monoisotopic (exact) mass is 229 g/mol. The Morgan fingerprint density at radius 3 is 2.25 bits per heavy atom. The molecule has 1 rings (SSSR count). The van der Waals surface area contributed by atoms with Gasteiger partial charge < -0.3 is 10.6 Å². The minimum Gasteiger partial charge on any atom is -0.371 e. The van der Waals surface area contributed by atoms with Gasteiger partial charge in [-0.15, -0.1) is 0 Å². The molecule has 0 fully saturated rings. The second kappa shape index (κ2) is 5.63. The molecule has 0 radical (unpaired) electrons. The molecule has 0 spiro atoms. The molecule has 0 saturated heterocycles. The lowest BCUT2D eigenvalue weighted by Gasteiger charge is -2.16. The standard InChI is InChI=1S/C11H17F2N3/c1-4-7(5-2)15-11-9(13)6-8(12)10(14-3)16-11/h6-7H,4-5H2,1-3H3,(H2,14,15,16). The van der Waals surface area contributed by atoms with Crippen molar-refractivity contribution in [2.45, 2.75) is 32.7 Å². The Morgan fingerprint density at radius 1 is 1.19 bits per heavy atom. The van der Waals surface area contributed by atoms with Crippen LogP contribution in [0.25, 0.3) is 0 Å². The van der Waals surface area contributed by atoms with E-state index in [0.29, 0.717) is 0 Å². The number of aromatic nitrogens is 1. The van der Waals surface area contributed by atoms with Gasteiger partial charge in [-0.1, -0.05) is 13.8 Å². The highest BCUT2D eigenvalue weighted by Crippen LogP contribution is 2.20. The molecule has 0 aliphatic rings. The van der Waals surface area contributed by atoms with Crippen molar-refractivity contribution in [2.75, 3.05) is 17.7 Å². The van der Waals surface area contributed by atoms with Crippen LogP contribution in [0.1, 0.15) is 26.7 Å². The molecule has 90 valence electrons. The molecule has 0 saturated carbocycles. The van der Waals surface area contributed by atoms with Crippen LogP contribution in [-0.4, -0.2) is 18.1 Å². The van der Waals surface area contributed by atoms with Crippen LogP contribution in [0.3, 0.4) is 0 Å². The van der Waals surface area contributed by atoms with E-state index >= 15 is 0 Å². The number of hydrogen-bond acceptors (Lipinski definition) is 3. The van der Waals surface area contributed by atoms with E-state index in [2.05, 4.69) is 15.6 Å². The highest BCUT2D eigenvalue weighted by atomic mass is 19.1. The average Bonchev–Trinajstić information content (AvgIpc) is 2.28. The maximum atomic E-state index is 13.4. The quantitative estimate of drug-likeness (QED) is 0.815. The van der Waals surface area contributed by atoms with Crippen molar-refractivity contribution >= 4 is 11.6 Å². The maximum absolute atomic E-state index is 13.4. The smallest absolute Gasteiger partial charge is 0.168 e. The fourth-order valence-electron chi connectivity index (χ4n) is 1.43. The van der Waals surface area contributed by atoms with Crippen LogP contribution < -0.4 is 10.6 Å². The molecule has 0 aliphatic heterocycles. The van der Waals surface area contributed by atoms with Gasteiger partial charge in [-0.3, -0.25) is 0 Å². The first-order valence-corrected chi connectivity index (χ1v) is 5.42. The third-order valence-corrected chi connectivity index (χ3v) is 2.49. The van der Waals surface area contributed by atoms with Crippen LogP contribution in [0.5, 0.6) is 0 Å². The van der Waals surface area contributed by atoms with Crippen LogP contribution >= 0.6 is 0 Å². The van der Waals surface area contributed by atoms with Crippen molar-refractivity contribution in [1.82, 2.24) is 4.98 Å². The summed E-state index contributed by atoms with van der Waals surface area (Å²) in [5.74, 6) is -1.20. The molecular weight excluding hydrogens is 212 g/mol. The van der Waals surface area contributed by atoms with Crippen molar-refractivity contribution in [3.63, 3.8) is 0 Å². The van der Waals surface area contributed by atoms with Gasteiger partial charge in [0.2, 0.25) is 0 Å². The summed E-state index contributed by atoms with van der Waals surface area (Å²) in [5, 5.41) is 5.54. The molecule has 16 heavy (non-hydrogen) atoms. The molecule has 2 N–H and O–H groups in total. The Balaban J connectivity index is 2.95. The zero-order valence-corrected chi connectivity index (χ0v) is 9.77. The van der Waals surface area contributed by atoms with Gasteiger partial charge in [0.25, 0.3) is 0 Å². The van der Waals surface area contributed by atoms with Gasteiger partial charge in [-0.2, -0.15) is 0 Å². The van der Waals surface area contributed by atoms with Crippen molar-refractivity contribution in [3.05, 3.63) is 17.7 Å². The first-order chi connectivity index (χ1) is 7.62. The minimum absolute atomic E-state index is 0.0508. The predicted octanol–water partition coefficient (Wildman–Crippen LogP) is 3.00. The summed E-state index contributed by atoms with van der Waals surface area (Å²) >= 11 is 0. The molecule has 0 aliphatic carbocycles. The molecule has 1 aromatic heterocycles. The second-order valence-electron chi connectivity index (χ2n) is 3.56. The number of nitrogens with one attached hydrogen (secondary N) is 2. The highest BCUT2D eigenvalue weighted by Gasteiger charge is 2.13. The maximum Gasteiger partial charge on any atom is 0.168 e. The third-order valence-electron chi connectivity index (χ3n) is 2.49. The Labute approximate surface area is 94.3 Å². The van der Waals surface area contributed by atoms with Gasteiger partial charge in [-0.05, 0) is 12.8 Å². The van der Waals surface area contributed by atoms with E-state index in [1.807, 2.05) is 13.8 Å². The predicted molar refractivity (Wildman–Crippen MR) is 61.7 cm³/mol. The van der Waals surface area contributed by atoms with E-state index in [1.165, 1.54) is 0 Å².